The molecule has 22 heavy (non-hydrogen) atoms. The molecule has 0 amide bonds. The van der Waals surface area contributed by atoms with Crippen LogP contribution >= 0.6 is 24.8 Å². The predicted molar refractivity (Wildman–Crippen MR) is 90.2 cm³/mol. The van der Waals surface area contributed by atoms with E-state index in [9.17, 15) is 5.11 Å². The molecule has 126 valence electrons. The molecule has 3 rings (SSSR count). The molecule has 2 fully saturated rings. The molecule has 2 heterocycles. The zero-order valence-corrected chi connectivity index (χ0v) is 14.8. The monoisotopic (exact) mass is 349 g/mol. The summed E-state index contributed by atoms with van der Waals surface area (Å²) in [5.74, 6) is 2.72. The molecular formula is C15H25Cl2N3O2. The van der Waals surface area contributed by atoms with Crippen LogP contribution in [-0.2, 0) is 0 Å². The first-order valence-electron chi connectivity index (χ1n) is 7.42. The van der Waals surface area contributed by atoms with Crippen molar-refractivity contribution in [3.8, 4) is 5.75 Å². The van der Waals surface area contributed by atoms with Crippen LogP contribution in [-0.4, -0.2) is 40.4 Å². The molecule has 2 aliphatic rings. The molecule has 0 spiro atoms. The van der Waals surface area contributed by atoms with E-state index in [0.717, 1.165) is 48.9 Å². The van der Waals surface area contributed by atoms with Crippen LogP contribution in [0.1, 0.15) is 30.1 Å². The average Bonchev–Trinajstić information content (AvgIpc) is 2.80. The molecule has 1 aliphatic carbocycles. The fourth-order valence-electron chi connectivity index (χ4n) is 3.58. The number of rotatable bonds is 2. The van der Waals surface area contributed by atoms with Crippen molar-refractivity contribution in [1.82, 2.24) is 15.3 Å². The molecule has 1 aromatic rings. The minimum absolute atomic E-state index is 0. The Balaban J connectivity index is 0.00000121. The second-order valence-corrected chi connectivity index (χ2v) is 6.14. The van der Waals surface area contributed by atoms with Gasteiger partial charge in [-0.1, -0.05) is 0 Å². The maximum absolute atomic E-state index is 10.3. The standard InChI is InChI=1S/C15H23N3O2.2ClH/c1-8-15(9(2)18-10(3)17-8)20-14-5-12-7-16-6-11(12)4-13(14)19;;/h11-14,16,19H,4-7H2,1-3H3;2*1H/t11-,12+,13+,14+;;/m0../s1. The molecule has 0 aromatic carbocycles. The van der Waals surface area contributed by atoms with Crippen molar-refractivity contribution in [3.05, 3.63) is 17.2 Å². The van der Waals surface area contributed by atoms with Gasteiger partial charge in [0.15, 0.2) is 5.75 Å². The van der Waals surface area contributed by atoms with Crippen LogP contribution in [0.2, 0.25) is 0 Å². The molecule has 0 bridgehead atoms. The highest BCUT2D eigenvalue weighted by atomic mass is 35.5. The average molecular weight is 350 g/mol. The summed E-state index contributed by atoms with van der Waals surface area (Å²) in [7, 11) is 0. The zero-order valence-electron chi connectivity index (χ0n) is 13.2. The van der Waals surface area contributed by atoms with Gasteiger partial charge in [0.25, 0.3) is 0 Å². The van der Waals surface area contributed by atoms with Crippen molar-refractivity contribution in [2.75, 3.05) is 13.1 Å². The van der Waals surface area contributed by atoms with Gasteiger partial charge in [-0.3, -0.25) is 0 Å². The van der Waals surface area contributed by atoms with Gasteiger partial charge in [0, 0.05) is 0 Å². The highest BCUT2D eigenvalue weighted by molar-refractivity contribution is 5.85. The summed E-state index contributed by atoms with van der Waals surface area (Å²) in [6, 6.07) is 0. The van der Waals surface area contributed by atoms with Gasteiger partial charge in [0.2, 0.25) is 0 Å². The van der Waals surface area contributed by atoms with Crippen molar-refractivity contribution < 1.29 is 9.84 Å². The summed E-state index contributed by atoms with van der Waals surface area (Å²) in [4.78, 5) is 8.72. The van der Waals surface area contributed by atoms with E-state index in [1.807, 2.05) is 20.8 Å². The van der Waals surface area contributed by atoms with E-state index in [1.54, 1.807) is 0 Å². The number of nitrogens with one attached hydrogen (secondary N) is 1. The molecular weight excluding hydrogens is 325 g/mol. The van der Waals surface area contributed by atoms with Crippen LogP contribution in [0.25, 0.3) is 0 Å². The van der Waals surface area contributed by atoms with Crippen LogP contribution < -0.4 is 10.1 Å². The molecule has 0 radical (unpaired) electrons. The Kier molecular flexibility index (Phi) is 6.86. The third-order valence-electron chi connectivity index (χ3n) is 4.57. The number of fused-ring (bicyclic) bond motifs is 1. The van der Waals surface area contributed by atoms with Gasteiger partial charge in [-0.05, 0) is 58.5 Å². The smallest absolute Gasteiger partial charge is 0.162 e. The summed E-state index contributed by atoms with van der Waals surface area (Å²) in [6.45, 7) is 7.83. The van der Waals surface area contributed by atoms with Crippen LogP contribution in [0, 0.1) is 32.6 Å². The van der Waals surface area contributed by atoms with Gasteiger partial charge in [-0.25, -0.2) is 9.97 Å². The molecule has 7 heteroatoms. The second-order valence-electron chi connectivity index (χ2n) is 6.14. The lowest BCUT2D eigenvalue weighted by atomic mass is 9.78. The van der Waals surface area contributed by atoms with E-state index < -0.39 is 6.10 Å². The number of nitrogens with zero attached hydrogens (tertiary/aromatic N) is 2. The lowest BCUT2D eigenvalue weighted by Gasteiger charge is -2.35. The number of halogens is 2. The number of aliphatic hydroxyl groups is 1. The maximum Gasteiger partial charge on any atom is 0.162 e. The molecule has 1 saturated carbocycles. The highest BCUT2D eigenvalue weighted by Gasteiger charge is 2.40. The summed E-state index contributed by atoms with van der Waals surface area (Å²) in [5, 5.41) is 13.7. The topological polar surface area (TPSA) is 67.3 Å². The molecule has 2 N–H and O–H groups in total. The molecule has 1 aromatic heterocycles. The van der Waals surface area contributed by atoms with Crippen molar-refractivity contribution in [2.24, 2.45) is 11.8 Å². The van der Waals surface area contributed by atoms with Crippen LogP contribution in [0.4, 0.5) is 0 Å². The van der Waals surface area contributed by atoms with E-state index in [-0.39, 0.29) is 30.9 Å². The lowest BCUT2D eigenvalue weighted by Crippen LogP contribution is -2.42. The van der Waals surface area contributed by atoms with Gasteiger partial charge in [0.05, 0.1) is 17.5 Å². The van der Waals surface area contributed by atoms with Crippen molar-refractivity contribution >= 4 is 24.8 Å². The Hall–Kier alpha value is -0.620. The van der Waals surface area contributed by atoms with Gasteiger partial charge in [-0.15, -0.1) is 24.8 Å². The van der Waals surface area contributed by atoms with Crippen molar-refractivity contribution in [1.29, 1.82) is 0 Å². The molecule has 4 atom stereocenters. The summed E-state index contributed by atoms with van der Waals surface area (Å²) in [6.07, 6.45) is 1.20. The quantitative estimate of drug-likeness (QED) is 0.854. The number of aromatic nitrogens is 2. The minimum atomic E-state index is -0.392. The van der Waals surface area contributed by atoms with Crippen LogP contribution in [0.5, 0.6) is 5.75 Å². The minimum Gasteiger partial charge on any atom is -0.484 e. The lowest BCUT2D eigenvalue weighted by molar-refractivity contribution is -0.0240. The first-order valence-corrected chi connectivity index (χ1v) is 7.42. The summed E-state index contributed by atoms with van der Waals surface area (Å²) >= 11 is 0. The molecule has 1 aliphatic heterocycles. The van der Waals surface area contributed by atoms with Gasteiger partial charge < -0.3 is 15.2 Å². The van der Waals surface area contributed by atoms with E-state index in [0.29, 0.717) is 11.8 Å². The first-order chi connectivity index (χ1) is 9.54. The number of ether oxygens (including phenoxy) is 1. The largest absolute Gasteiger partial charge is 0.484 e. The molecule has 5 nitrogen and oxygen atoms in total. The van der Waals surface area contributed by atoms with Crippen molar-refractivity contribution in [3.63, 3.8) is 0 Å². The third kappa shape index (κ3) is 3.82. The van der Waals surface area contributed by atoms with Crippen molar-refractivity contribution in [2.45, 2.75) is 45.8 Å². The van der Waals surface area contributed by atoms with Gasteiger partial charge in [-0.2, -0.15) is 0 Å². The first kappa shape index (κ1) is 19.4. The number of hydrogen-bond acceptors (Lipinski definition) is 5. The van der Waals surface area contributed by atoms with E-state index in [4.69, 9.17) is 4.74 Å². The molecule has 0 unspecified atom stereocenters. The Labute approximate surface area is 144 Å². The number of aryl methyl sites for hydroxylation is 3. The van der Waals surface area contributed by atoms with Gasteiger partial charge >= 0.3 is 0 Å². The zero-order chi connectivity index (χ0) is 14.3. The maximum atomic E-state index is 10.3. The second kappa shape index (κ2) is 7.77. The number of hydrogen-bond donors (Lipinski definition) is 2. The third-order valence-corrected chi connectivity index (χ3v) is 4.57. The summed E-state index contributed by atoms with van der Waals surface area (Å²) < 4.78 is 6.09. The Morgan fingerprint density at radius 2 is 1.55 bits per heavy atom. The Morgan fingerprint density at radius 3 is 2.14 bits per heavy atom. The Bertz CT molecular complexity index is 493. The summed E-state index contributed by atoms with van der Waals surface area (Å²) in [5.41, 5.74) is 1.71. The predicted octanol–water partition coefficient (Wildman–Crippen LogP) is 1.98. The molecule has 1 saturated heterocycles. The van der Waals surface area contributed by atoms with Crippen LogP contribution in [0.15, 0.2) is 0 Å². The van der Waals surface area contributed by atoms with Gasteiger partial charge in [0.1, 0.15) is 11.9 Å². The normalized spacial score (nSPS) is 30.0. The van der Waals surface area contributed by atoms with Crippen LogP contribution in [0.3, 0.4) is 0 Å². The van der Waals surface area contributed by atoms with E-state index >= 15 is 0 Å². The highest BCUT2D eigenvalue weighted by Crippen LogP contribution is 2.35. The SMILES string of the molecule is Cc1nc(C)c(O[C@@H]2C[C@@H]3CNC[C@@H]3C[C@H]2O)c(C)n1.Cl.Cl. The fourth-order valence-corrected chi connectivity index (χ4v) is 3.58. The fraction of sp³-hybridized carbons (Fsp3) is 0.733. The number of aliphatic hydroxyl groups excluding tert-OH is 1. The Morgan fingerprint density at radius 1 is 1.00 bits per heavy atom. The van der Waals surface area contributed by atoms with E-state index in [2.05, 4.69) is 15.3 Å². The van der Waals surface area contributed by atoms with E-state index in [1.165, 1.54) is 0 Å².